The van der Waals surface area contributed by atoms with Crippen molar-refractivity contribution in [2.75, 3.05) is 11.9 Å². The van der Waals surface area contributed by atoms with E-state index >= 15 is 0 Å². The summed E-state index contributed by atoms with van der Waals surface area (Å²) in [4.78, 5) is 49.6. The van der Waals surface area contributed by atoms with Gasteiger partial charge in [-0.15, -0.1) is 0 Å². The van der Waals surface area contributed by atoms with Crippen molar-refractivity contribution >= 4 is 35.2 Å². The number of imide groups is 1. The average molecular weight is 517 g/mol. The normalized spacial score (nSPS) is 13.5. The van der Waals surface area contributed by atoms with Crippen molar-refractivity contribution in [3.8, 4) is 0 Å². The summed E-state index contributed by atoms with van der Waals surface area (Å²) in [5.41, 5.74) is 3.49. The molecule has 1 N–H and O–H groups in total. The minimum Gasteiger partial charge on any atom is -0.459 e. The topological polar surface area (TPSA) is 101 Å². The molecule has 9 heteroatoms. The molecule has 0 spiro atoms. The molecule has 0 bridgehead atoms. The van der Waals surface area contributed by atoms with Crippen LogP contribution in [-0.2, 0) is 20.7 Å². The first kappa shape index (κ1) is 26.1. The predicted octanol–water partition coefficient (Wildman–Crippen LogP) is 4.69. The summed E-state index contributed by atoms with van der Waals surface area (Å²) in [6, 6.07) is 18.2. The summed E-state index contributed by atoms with van der Waals surface area (Å²) in [6.45, 7) is 7.47. The minimum absolute atomic E-state index is 0.125. The number of aromatic nitrogens is 2. The molecule has 1 aliphatic rings. The standard InChI is InChI=1S/C28H28N4O4S/c1-17(2)36-27(35)21-11-8-12-22(16-21)31-23-24(37-28-29-18(3)15-19(4)30-28)26(34)32(25(23)33)14-13-20-9-6-5-7-10-20/h5-12,15-17,31H,13-14H2,1-4H3. The molecule has 1 aliphatic heterocycles. The van der Waals surface area contributed by atoms with Crippen molar-refractivity contribution in [1.29, 1.82) is 0 Å². The van der Waals surface area contributed by atoms with Gasteiger partial charge in [0, 0.05) is 23.6 Å². The fourth-order valence-corrected chi connectivity index (χ4v) is 4.83. The Morgan fingerprint density at radius 2 is 1.68 bits per heavy atom. The number of rotatable bonds is 9. The van der Waals surface area contributed by atoms with Gasteiger partial charge in [-0.1, -0.05) is 36.4 Å². The molecule has 0 saturated carbocycles. The molecule has 2 heterocycles. The van der Waals surface area contributed by atoms with E-state index in [0.717, 1.165) is 28.7 Å². The van der Waals surface area contributed by atoms with Crippen molar-refractivity contribution in [2.24, 2.45) is 0 Å². The molecule has 37 heavy (non-hydrogen) atoms. The third-order valence-electron chi connectivity index (χ3n) is 5.46. The van der Waals surface area contributed by atoms with Crippen LogP contribution in [0.2, 0.25) is 0 Å². The molecule has 0 saturated heterocycles. The summed E-state index contributed by atoms with van der Waals surface area (Å²) in [6.07, 6.45) is 0.264. The van der Waals surface area contributed by atoms with Gasteiger partial charge in [-0.2, -0.15) is 0 Å². The van der Waals surface area contributed by atoms with E-state index in [2.05, 4.69) is 15.3 Å². The number of hydrogen-bond acceptors (Lipinski definition) is 8. The second kappa shape index (κ2) is 11.4. The summed E-state index contributed by atoms with van der Waals surface area (Å²) >= 11 is 1.05. The molecule has 2 aromatic carbocycles. The Morgan fingerprint density at radius 3 is 2.35 bits per heavy atom. The molecule has 190 valence electrons. The molecular weight excluding hydrogens is 488 g/mol. The highest BCUT2D eigenvalue weighted by Gasteiger charge is 2.39. The molecule has 0 fully saturated rings. The van der Waals surface area contributed by atoms with Crippen LogP contribution in [0.5, 0.6) is 0 Å². The fourth-order valence-electron chi connectivity index (χ4n) is 3.83. The van der Waals surface area contributed by atoms with Crippen molar-refractivity contribution in [1.82, 2.24) is 14.9 Å². The maximum atomic E-state index is 13.5. The first-order valence-corrected chi connectivity index (χ1v) is 12.8. The van der Waals surface area contributed by atoms with Gasteiger partial charge in [0.05, 0.1) is 11.7 Å². The highest BCUT2D eigenvalue weighted by Crippen LogP contribution is 2.34. The van der Waals surface area contributed by atoms with Gasteiger partial charge in [0.25, 0.3) is 11.8 Å². The number of thioether (sulfide) groups is 1. The van der Waals surface area contributed by atoms with Crippen molar-refractivity contribution < 1.29 is 19.1 Å². The molecule has 1 aromatic heterocycles. The van der Waals surface area contributed by atoms with E-state index in [9.17, 15) is 14.4 Å². The van der Waals surface area contributed by atoms with Crippen molar-refractivity contribution in [2.45, 2.75) is 45.4 Å². The van der Waals surface area contributed by atoms with Gasteiger partial charge in [0.2, 0.25) is 0 Å². The Labute approximate surface area is 220 Å². The zero-order chi connectivity index (χ0) is 26.5. The number of ether oxygens (including phenoxy) is 1. The number of amides is 2. The zero-order valence-corrected chi connectivity index (χ0v) is 22.0. The summed E-state index contributed by atoms with van der Waals surface area (Å²) < 4.78 is 5.28. The summed E-state index contributed by atoms with van der Waals surface area (Å²) in [7, 11) is 0. The Balaban J connectivity index is 1.64. The largest absolute Gasteiger partial charge is 0.459 e. The number of anilines is 1. The molecule has 0 radical (unpaired) electrons. The molecule has 0 unspecified atom stereocenters. The monoisotopic (exact) mass is 516 g/mol. The number of nitrogens with one attached hydrogen (secondary N) is 1. The fraction of sp³-hybridized carbons (Fsp3) is 0.250. The second-order valence-corrected chi connectivity index (χ2v) is 9.87. The summed E-state index contributed by atoms with van der Waals surface area (Å²) in [5.74, 6) is -1.32. The number of carbonyl (C=O) groups excluding carboxylic acids is 3. The number of benzene rings is 2. The van der Waals surface area contributed by atoms with Crippen LogP contribution in [0, 0.1) is 13.8 Å². The molecule has 0 aliphatic carbocycles. The number of carbonyl (C=O) groups is 3. The smallest absolute Gasteiger partial charge is 0.338 e. The van der Waals surface area contributed by atoms with Gasteiger partial charge < -0.3 is 10.1 Å². The van der Waals surface area contributed by atoms with E-state index in [4.69, 9.17) is 4.74 Å². The Bertz CT molecular complexity index is 1350. The zero-order valence-electron chi connectivity index (χ0n) is 21.1. The SMILES string of the molecule is Cc1cc(C)nc(SC2=C(Nc3cccc(C(=O)OC(C)C)c3)C(=O)N(CCc3ccccc3)C2=O)n1. The van der Waals surface area contributed by atoms with Crippen LogP contribution < -0.4 is 5.32 Å². The molecule has 4 rings (SSSR count). The quantitative estimate of drug-likeness (QED) is 0.248. The average Bonchev–Trinajstić information content (AvgIpc) is 3.06. The first-order chi connectivity index (χ1) is 17.7. The third-order valence-corrected chi connectivity index (χ3v) is 6.41. The number of hydrogen-bond donors (Lipinski definition) is 1. The molecule has 3 aromatic rings. The van der Waals surface area contributed by atoms with Crippen LogP contribution in [-0.4, -0.2) is 45.3 Å². The number of nitrogens with zero attached hydrogens (tertiary/aromatic N) is 3. The van der Waals surface area contributed by atoms with E-state index in [1.807, 2.05) is 50.2 Å². The van der Waals surface area contributed by atoms with Crippen molar-refractivity contribution in [3.63, 3.8) is 0 Å². The third kappa shape index (κ3) is 6.42. The Morgan fingerprint density at radius 1 is 0.973 bits per heavy atom. The van der Waals surface area contributed by atoms with Gasteiger partial charge in [-0.25, -0.2) is 14.8 Å². The molecular formula is C28H28N4O4S. The van der Waals surface area contributed by atoms with Gasteiger partial charge in [0.1, 0.15) is 10.6 Å². The lowest BCUT2D eigenvalue weighted by molar-refractivity contribution is -0.137. The van der Waals surface area contributed by atoms with E-state index in [1.165, 1.54) is 4.90 Å². The van der Waals surface area contributed by atoms with Gasteiger partial charge in [-0.3, -0.25) is 14.5 Å². The van der Waals surface area contributed by atoms with Crippen LogP contribution in [0.1, 0.15) is 41.2 Å². The lowest BCUT2D eigenvalue weighted by Gasteiger charge is -2.15. The van der Waals surface area contributed by atoms with E-state index in [-0.39, 0.29) is 23.3 Å². The summed E-state index contributed by atoms with van der Waals surface area (Å²) in [5, 5.41) is 3.46. The predicted molar refractivity (Wildman–Crippen MR) is 142 cm³/mol. The lowest BCUT2D eigenvalue weighted by Crippen LogP contribution is -2.34. The van der Waals surface area contributed by atoms with Crippen LogP contribution >= 0.6 is 11.8 Å². The van der Waals surface area contributed by atoms with Crippen LogP contribution in [0.4, 0.5) is 5.69 Å². The molecule has 0 atom stereocenters. The van der Waals surface area contributed by atoms with Crippen LogP contribution in [0.3, 0.4) is 0 Å². The first-order valence-electron chi connectivity index (χ1n) is 11.9. The minimum atomic E-state index is -0.468. The van der Waals surface area contributed by atoms with Crippen molar-refractivity contribution in [3.05, 3.63) is 93.8 Å². The van der Waals surface area contributed by atoms with Crippen LogP contribution in [0.15, 0.2) is 76.4 Å². The van der Waals surface area contributed by atoms with Crippen LogP contribution in [0.25, 0.3) is 0 Å². The maximum absolute atomic E-state index is 13.5. The lowest BCUT2D eigenvalue weighted by atomic mass is 10.1. The molecule has 2 amide bonds. The Kier molecular flexibility index (Phi) is 8.03. The number of aryl methyl sites for hydroxylation is 2. The molecule has 8 nitrogen and oxygen atoms in total. The highest BCUT2D eigenvalue weighted by molar-refractivity contribution is 8.04. The number of esters is 1. The van der Waals surface area contributed by atoms with E-state index in [1.54, 1.807) is 38.1 Å². The van der Waals surface area contributed by atoms with Gasteiger partial charge in [-0.05, 0) is 75.7 Å². The maximum Gasteiger partial charge on any atom is 0.338 e. The van der Waals surface area contributed by atoms with E-state index in [0.29, 0.717) is 22.8 Å². The van der Waals surface area contributed by atoms with Gasteiger partial charge >= 0.3 is 5.97 Å². The van der Waals surface area contributed by atoms with Gasteiger partial charge in [0.15, 0.2) is 5.16 Å². The highest BCUT2D eigenvalue weighted by atomic mass is 32.2. The van der Waals surface area contributed by atoms with E-state index < -0.39 is 17.8 Å². The second-order valence-electron chi connectivity index (χ2n) is 8.90. The Hall–Kier alpha value is -3.98.